The molecular weight excluding hydrogens is 212 g/mol. The first-order valence-electron chi connectivity index (χ1n) is 7.21. The highest BCUT2D eigenvalue weighted by molar-refractivity contribution is 4.83. The van der Waals surface area contributed by atoms with Gasteiger partial charge in [-0.3, -0.25) is 4.90 Å². The molecule has 0 spiro atoms. The Labute approximate surface area is 106 Å². The van der Waals surface area contributed by atoms with E-state index >= 15 is 0 Å². The molecule has 17 heavy (non-hydrogen) atoms. The lowest BCUT2D eigenvalue weighted by Gasteiger charge is -2.31. The SMILES string of the molecule is CC(CN1CCOCC1)NCC1(C)CCCC1. The first-order chi connectivity index (χ1) is 8.18. The van der Waals surface area contributed by atoms with Gasteiger partial charge in [-0.15, -0.1) is 0 Å². The molecule has 2 rings (SSSR count). The Bertz CT molecular complexity index is 220. The van der Waals surface area contributed by atoms with Crippen molar-refractivity contribution in [2.45, 2.75) is 45.6 Å². The van der Waals surface area contributed by atoms with Gasteiger partial charge >= 0.3 is 0 Å². The summed E-state index contributed by atoms with van der Waals surface area (Å²) in [6.45, 7) is 11.1. The summed E-state index contributed by atoms with van der Waals surface area (Å²) in [4.78, 5) is 2.51. The van der Waals surface area contributed by atoms with Crippen LogP contribution in [-0.4, -0.2) is 50.3 Å². The summed E-state index contributed by atoms with van der Waals surface area (Å²) in [6, 6.07) is 0.602. The molecule has 0 aromatic rings. The minimum absolute atomic E-state index is 0.569. The maximum atomic E-state index is 5.38. The quantitative estimate of drug-likeness (QED) is 0.794. The fourth-order valence-electron chi connectivity index (χ4n) is 3.06. The molecule has 1 unspecified atom stereocenters. The predicted molar refractivity (Wildman–Crippen MR) is 71.3 cm³/mol. The Kier molecular flexibility index (Phi) is 4.83. The maximum absolute atomic E-state index is 5.38. The minimum atomic E-state index is 0.569. The second kappa shape index (κ2) is 6.17. The van der Waals surface area contributed by atoms with Crippen molar-refractivity contribution in [3.63, 3.8) is 0 Å². The van der Waals surface area contributed by atoms with Crippen LogP contribution >= 0.6 is 0 Å². The van der Waals surface area contributed by atoms with E-state index in [-0.39, 0.29) is 0 Å². The lowest BCUT2D eigenvalue weighted by atomic mass is 9.89. The largest absolute Gasteiger partial charge is 0.379 e. The molecule has 1 N–H and O–H groups in total. The van der Waals surface area contributed by atoms with Gasteiger partial charge in [-0.2, -0.15) is 0 Å². The predicted octanol–water partition coefficient (Wildman–Crippen LogP) is 1.88. The second-order valence-corrected chi connectivity index (χ2v) is 6.21. The molecule has 1 aliphatic carbocycles. The Morgan fingerprint density at radius 1 is 1.24 bits per heavy atom. The van der Waals surface area contributed by atoms with E-state index in [9.17, 15) is 0 Å². The number of morpholine rings is 1. The Balaban J connectivity index is 1.64. The third-order valence-electron chi connectivity index (χ3n) is 4.32. The molecule has 2 aliphatic rings. The average Bonchev–Trinajstić information content (AvgIpc) is 2.76. The zero-order valence-electron chi connectivity index (χ0n) is 11.5. The van der Waals surface area contributed by atoms with Gasteiger partial charge in [0.1, 0.15) is 0 Å². The van der Waals surface area contributed by atoms with E-state index in [1.54, 1.807) is 0 Å². The van der Waals surface area contributed by atoms with E-state index in [2.05, 4.69) is 24.1 Å². The molecule has 0 aromatic carbocycles. The maximum Gasteiger partial charge on any atom is 0.0594 e. The molecule has 1 saturated carbocycles. The number of hydrogen-bond acceptors (Lipinski definition) is 3. The number of hydrogen-bond donors (Lipinski definition) is 1. The van der Waals surface area contributed by atoms with Crippen molar-refractivity contribution in [1.82, 2.24) is 10.2 Å². The molecule has 0 bridgehead atoms. The van der Waals surface area contributed by atoms with Crippen molar-refractivity contribution < 1.29 is 4.74 Å². The molecule has 1 heterocycles. The zero-order chi connectivity index (χ0) is 12.1. The Hall–Kier alpha value is -0.120. The van der Waals surface area contributed by atoms with Crippen molar-refractivity contribution in [1.29, 1.82) is 0 Å². The van der Waals surface area contributed by atoms with E-state index in [1.165, 1.54) is 38.8 Å². The molecule has 2 fully saturated rings. The summed E-state index contributed by atoms with van der Waals surface area (Å²) < 4.78 is 5.38. The highest BCUT2D eigenvalue weighted by Crippen LogP contribution is 2.36. The summed E-state index contributed by atoms with van der Waals surface area (Å²) in [5, 5.41) is 3.73. The van der Waals surface area contributed by atoms with Crippen LogP contribution in [0, 0.1) is 5.41 Å². The lowest BCUT2D eigenvalue weighted by molar-refractivity contribution is 0.0339. The van der Waals surface area contributed by atoms with Crippen LogP contribution in [0.2, 0.25) is 0 Å². The molecule has 3 heteroatoms. The van der Waals surface area contributed by atoms with Crippen LogP contribution in [0.25, 0.3) is 0 Å². The van der Waals surface area contributed by atoms with Gasteiger partial charge in [0, 0.05) is 32.2 Å². The molecule has 1 atom stereocenters. The number of nitrogens with one attached hydrogen (secondary N) is 1. The molecule has 0 aromatic heterocycles. The normalized spacial score (nSPS) is 27.2. The summed E-state index contributed by atoms with van der Waals surface area (Å²) in [5.74, 6) is 0. The van der Waals surface area contributed by atoms with Crippen LogP contribution < -0.4 is 5.32 Å². The number of rotatable bonds is 5. The van der Waals surface area contributed by atoms with Gasteiger partial charge in [-0.05, 0) is 25.2 Å². The minimum Gasteiger partial charge on any atom is -0.379 e. The topological polar surface area (TPSA) is 24.5 Å². The monoisotopic (exact) mass is 240 g/mol. The summed E-state index contributed by atoms with van der Waals surface area (Å²) in [5.41, 5.74) is 0.569. The van der Waals surface area contributed by atoms with Crippen LogP contribution in [0.3, 0.4) is 0 Å². The molecule has 1 saturated heterocycles. The first-order valence-corrected chi connectivity index (χ1v) is 7.21. The van der Waals surface area contributed by atoms with E-state index < -0.39 is 0 Å². The highest BCUT2D eigenvalue weighted by Gasteiger charge is 2.28. The Morgan fingerprint density at radius 3 is 2.53 bits per heavy atom. The van der Waals surface area contributed by atoms with Crippen molar-refractivity contribution in [2.75, 3.05) is 39.4 Å². The molecule has 100 valence electrons. The van der Waals surface area contributed by atoms with Crippen molar-refractivity contribution in [2.24, 2.45) is 5.41 Å². The lowest BCUT2D eigenvalue weighted by Crippen LogP contribution is -2.46. The van der Waals surface area contributed by atoms with Gasteiger partial charge in [0.05, 0.1) is 13.2 Å². The van der Waals surface area contributed by atoms with Crippen LogP contribution in [0.4, 0.5) is 0 Å². The smallest absolute Gasteiger partial charge is 0.0594 e. The number of ether oxygens (including phenoxy) is 1. The van der Waals surface area contributed by atoms with Crippen molar-refractivity contribution in [3.8, 4) is 0 Å². The summed E-state index contributed by atoms with van der Waals surface area (Å²) in [7, 11) is 0. The standard InChI is InChI=1S/C14H28N2O/c1-13(11-16-7-9-17-10-8-16)15-12-14(2)5-3-4-6-14/h13,15H,3-12H2,1-2H3. The molecule has 3 nitrogen and oxygen atoms in total. The zero-order valence-corrected chi connectivity index (χ0v) is 11.5. The van der Waals surface area contributed by atoms with E-state index in [1.807, 2.05) is 0 Å². The fraction of sp³-hybridized carbons (Fsp3) is 1.00. The fourth-order valence-corrected chi connectivity index (χ4v) is 3.06. The van der Waals surface area contributed by atoms with Crippen LogP contribution in [0.15, 0.2) is 0 Å². The van der Waals surface area contributed by atoms with Crippen molar-refractivity contribution in [3.05, 3.63) is 0 Å². The van der Waals surface area contributed by atoms with Gasteiger partial charge in [0.15, 0.2) is 0 Å². The van der Waals surface area contributed by atoms with Gasteiger partial charge in [0.2, 0.25) is 0 Å². The van der Waals surface area contributed by atoms with Gasteiger partial charge in [0.25, 0.3) is 0 Å². The molecular formula is C14H28N2O. The average molecular weight is 240 g/mol. The highest BCUT2D eigenvalue weighted by atomic mass is 16.5. The van der Waals surface area contributed by atoms with Gasteiger partial charge < -0.3 is 10.1 Å². The summed E-state index contributed by atoms with van der Waals surface area (Å²) >= 11 is 0. The van der Waals surface area contributed by atoms with Gasteiger partial charge in [-0.25, -0.2) is 0 Å². The van der Waals surface area contributed by atoms with E-state index in [0.717, 1.165) is 26.3 Å². The Morgan fingerprint density at radius 2 is 1.88 bits per heavy atom. The summed E-state index contributed by atoms with van der Waals surface area (Å²) in [6.07, 6.45) is 5.67. The van der Waals surface area contributed by atoms with Crippen LogP contribution in [0.5, 0.6) is 0 Å². The first kappa shape index (κ1) is 13.3. The molecule has 0 radical (unpaired) electrons. The third-order valence-corrected chi connectivity index (χ3v) is 4.32. The molecule has 1 aliphatic heterocycles. The van der Waals surface area contributed by atoms with Gasteiger partial charge in [-0.1, -0.05) is 19.8 Å². The van der Waals surface area contributed by atoms with E-state index in [0.29, 0.717) is 11.5 Å². The second-order valence-electron chi connectivity index (χ2n) is 6.21. The third kappa shape index (κ3) is 4.23. The van der Waals surface area contributed by atoms with Crippen LogP contribution in [-0.2, 0) is 4.74 Å². The van der Waals surface area contributed by atoms with Crippen molar-refractivity contribution >= 4 is 0 Å². The number of nitrogens with zero attached hydrogens (tertiary/aromatic N) is 1. The van der Waals surface area contributed by atoms with Crippen LogP contribution in [0.1, 0.15) is 39.5 Å². The molecule has 0 amide bonds. The van der Waals surface area contributed by atoms with E-state index in [4.69, 9.17) is 4.74 Å².